The fourth-order valence-electron chi connectivity index (χ4n) is 1.87. The first-order valence-corrected chi connectivity index (χ1v) is 7.36. The Kier molecular flexibility index (Phi) is 2.33. The number of benzene rings is 1. The van der Waals surface area contributed by atoms with Gasteiger partial charge in [-0.05, 0) is 12.1 Å². The van der Waals surface area contributed by atoms with Crippen LogP contribution in [0, 0.1) is 0 Å². The van der Waals surface area contributed by atoms with Crippen LogP contribution >= 0.6 is 11.6 Å². The molecule has 0 saturated heterocycles. The first kappa shape index (κ1) is 11.4. The van der Waals surface area contributed by atoms with Crippen molar-refractivity contribution in [1.82, 2.24) is 15.2 Å². The van der Waals surface area contributed by atoms with E-state index in [1.807, 2.05) is 0 Å². The molecule has 0 aliphatic carbocycles. The molecule has 0 spiro atoms. The number of hydrogen-bond acceptors (Lipinski definition) is 4. The Morgan fingerprint density at radius 1 is 1.28 bits per heavy atom. The average molecular weight is 282 g/mol. The van der Waals surface area contributed by atoms with E-state index in [-0.39, 0.29) is 10.0 Å². The highest BCUT2D eigenvalue weighted by Gasteiger charge is 2.12. The number of sulfone groups is 1. The number of fused-ring (bicyclic) bond motifs is 3. The van der Waals surface area contributed by atoms with Gasteiger partial charge in [0.1, 0.15) is 5.52 Å². The molecule has 2 heterocycles. The van der Waals surface area contributed by atoms with E-state index in [0.29, 0.717) is 11.0 Å². The quantitative estimate of drug-likeness (QED) is 0.694. The number of aromatic amines is 1. The van der Waals surface area contributed by atoms with Crippen LogP contribution in [0.5, 0.6) is 0 Å². The number of hydrogen-bond donors (Lipinski definition) is 1. The van der Waals surface area contributed by atoms with Crippen molar-refractivity contribution in [3.05, 3.63) is 29.5 Å². The van der Waals surface area contributed by atoms with Crippen molar-refractivity contribution >= 4 is 43.2 Å². The van der Waals surface area contributed by atoms with Gasteiger partial charge in [0, 0.05) is 17.0 Å². The number of halogens is 1. The minimum Gasteiger partial charge on any atom is -0.275 e. The van der Waals surface area contributed by atoms with Gasteiger partial charge < -0.3 is 0 Å². The van der Waals surface area contributed by atoms with Crippen LogP contribution in [0.4, 0.5) is 0 Å². The number of rotatable bonds is 1. The van der Waals surface area contributed by atoms with Gasteiger partial charge in [-0.15, -0.1) is 0 Å². The van der Waals surface area contributed by atoms with Crippen molar-refractivity contribution in [3.63, 3.8) is 0 Å². The second-order valence-electron chi connectivity index (χ2n) is 4.01. The van der Waals surface area contributed by atoms with Crippen molar-refractivity contribution in [1.29, 1.82) is 0 Å². The molecule has 0 unspecified atom stereocenters. The lowest BCUT2D eigenvalue weighted by Gasteiger charge is -2.03. The van der Waals surface area contributed by atoms with Crippen molar-refractivity contribution in [2.75, 3.05) is 6.26 Å². The fourth-order valence-corrected chi connectivity index (χ4v) is 2.75. The lowest BCUT2D eigenvalue weighted by molar-refractivity contribution is 0.602. The number of nitrogens with zero attached hydrogens (tertiary/aromatic N) is 2. The highest BCUT2D eigenvalue weighted by Crippen LogP contribution is 2.28. The maximum Gasteiger partial charge on any atom is 0.175 e. The molecular weight excluding hydrogens is 274 g/mol. The van der Waals surface area contributed by atoms with Gasteiger partial charge in [0.25, 0.3) is 0 Å². The molecule has 3 rings (SSSR count). The second kappa shape index (κ2) is 3.66. The smallest absolute Gasteiger partial charge is 0.175 e. The van der Waals surface area contributed by atoms with E-state index in [9.17, 15) is 8.42 Å². The Morgan fingerprint density at radius 3 is 2.78 bits per heavy atom. The molecule has 1 N–H and O–H groups in total. The van der Waals surface area contributed by atoms with Gasteiger partial charge >= 0.3 is 0 Å². The number of pyridine rings is 1. The maximum absolute atomic E-state index is 11.5. The van der Waals surface area contributed by atoms with Crippen LogP contribution < -0.4 is 0 Å². The average Bonchev–Trinajstić information content (AvgIpc) is 2.77. The molecule has 0 radical (unpaired) electrons. The molecule has 2 aromatic heterocycles. The van der Waals surface area contributed by atoms with Gasteiger partial charge in [-0.3, -0.25) is 5.10 Å². The number of nitrogens with one attached hydrogen (secondary N) is 1. The summed E-state index contributed by atoms with van der Waals surface area (Å²) >= 11 is 6.01. The number of aromatic nitrogens is 3. The molecule has 0 atom stereocenters. The standard InChI is InChI=1S/C11H8ClN3O2S/c1-18(16,17)6-2-3-7-8-5-13-15-10(8)11(12)14-9(7)4-6/h2-5H,1H3,(H,13,15). The lowest BCUT2D eigenvalue weighted by Crippen LogP contribution is -1.97. The van der Waals surface area contributed by atoms with Gasteiger partial charge in [0.05, 0.1) is 16.6 Å². The first-order valence-electron chi connectivity index (χ1n) is 5.09. The molecule has 0 saturated carbocycles. The summed E-state index contributed by atoms with van der Waals surface area (Å²) in [4.78, 5) is 4.40. The predicted octanol–water partition coefficient (Wildman–Crippen LogP) is 2.17. The highest BCUT2D eigenvalue weighted by atomic mass is 35.5. The molecule has 92 valence electrons. The Bertz CT molecular complexity index is 871. The Morgan fingerprint density at radius 2 is 2.06 bits per heavy atom. The van der Waals surface area contributed by atoms with Crippen molar-refractivity contribution in [3.8, 4) is 0 Å². The first-order chi connectivity index (χ1) is 8.47. The third-order valence-corrected chi connectivity index (χ3v) is 4.14. The molecule has 1 aromatic carbocycles. The molecule has 0 bridgehead atoms. The minimum atomic E-state index is -3.25. The summed E-state index contributed by atoms with van der Waals surface area (Å²) in [6.07, 6.45) is 2.80. The van der Waals surface area contributed by atoms with E-state index in [4.69, 9.17) is 11.6 Å². The van der Waals surface area contributed by atoms with Gasteiger partial charge in [-0.2, -0.15) is 5.10 Å². The molecule has 0 aliphatic rings. The topological polar surface area (TPSA) is 75.7 Å². The van der Waals surface area contributed by atoms with Gasteiger partial charge in [-0.25, -0.2) is 13.4 Å². The Balaban J connectivity index is 2.46. The molecule has 0 aliphatic heterocycles. The molecule has 5 nitrogen and oxygen atoms in total. The summed E-state index contributed by atoms with van der Waals surface area (Å²) < 4.78 is 23.0. The van der Waals surface area contributed by atoms with Gasteiger partial charge in [0.15, 0.2) is 15.0 Å². The van der Waals surface area contributed by atoms with Crippen LogP contribution in [0.3, 0.4) is 0 Å². The van der Waals surface area contributed by atoms with Crippen LogP contribution in [0.25, 0.3) is 21.8 Å². The summed E-state index contributed by atoms with van der Waals surface area (Å²) in [6.45, 7) is 0. The zero-order valence-electron chi connectivity index (χ0n) is 9.31. The SMILES string of the molecule is CS(=O)(=O)c1ccc2c(c1)nc(Cl)c1[nH]ncc12. The third-order valence-electron chi connectivity index (χ3n) is 2.75. The zero-order chi connectivity index (χ0) is 12.9. The summed E-state index contributed by atoms with van der Waals surface area (Å²) in [6, 6.07) is 4.79. The van der Waals surface area contributed by atoms with E-state index in [1.54, 1.807) is 18.3 Å². The summed E-state index contributed by atoms with van der Waals surface area (Å²) in [5, 5.41) is 8.60. The van der Waals surface area contributed by atoms with E-state index in [1.165, 1.54) is 6.07 Å². The van der Waals surface area contributed by atoms with Crippen molar-refractivity contribution in [2.45, 2.75) is 4.90 Å². The van der Waals surface area contributed by atoms with Crippen LogP contribution in [-0.2, 0) is 9.84 Å². The predicted molar refractivity (Wildman–Crippen MR) is 69.5 cm³/mol. The van der Waals surface area contributed by atoms with Crippen LogP contribution in [0.1, 0.15) is 0 Å². The van der Waals surface area contributed by atoms with Crippen LogP contribution in [0.15, 0.2) is 29.3 Å². The molecule has 3 aromatic rings. The largest absolute Gasteiger partial charge is 0.275 e. The molecule has 7 heteroatoms. The summed E-state index contributed by atoms with van der Waals surface area (Å²) in [7, 11) is -3.25. The van der Waals surface area contributed by atoms with E-state index < -0.39 is 9.84 Å². The van der Waals surface area contributed by atoms with Crippen molar-refractivity contribution in [2.24, 2.45) is 0 Å². The monoisotopic (exact) mass is 281 g/mol. The van der Waals surface area contributed by atoms with Crippen molar-refractivity contribution < 1.29 is 8.42 Å². The Hall–Kier alpha value is -1.66. The van der Waals surface area contributed by atoms with Crippen LogP contribution in [0.2, 0.25) is 5.15 Å². The molecule has 0 amide bonds. The van der Waals surface area contributed by atoms with Gasteiger partial charge in [0.2, 0.25) is 0 Å². The van der Waals surface area contributed by atoms with E-state index in [0.717, 1.165) is 17.0 Å². The normalized spacial score (nSPS) is 12.3. The summed E-state index contributed by atoms with van der Waals surface area (Å²) in [5.41, 5.74) is 1.19. The maximum atomic E-state index is 11.5. The Labute approximate surface area is 108 Å². The minimum absolute atomic E-state index is 0.224. The van der Waals surface area contributed by atoms with Crippen LogP contribution in [-0.4, -0.2) is 29.9 Å². The van der Waals surface area contributed by atoms with Gasteiger partial charge in [-0.1, -0.05) is 17.7 Å². The van der Waals surface area contributed by atoms with E-state index >= 15 is 0 Å². The second-order valence-corrected chi connectivity index (χ2v) is 6.39. The molecular formula is C11H8ClN3O2S. The third kappa shape index (κ3) is 1.65. The molecule has 18 heavy (non-hydrogen) atoms. The number of H-pyrrole nitrogens is 1. The lowest BCUT2D eigenvalue weighted by atomic mass is 10.1. The highest BCUT2D eigenvalue weighted by molar-refractivity contribution is 7.90. The molecule has 0 fully saturated rings. The fraction of sp³-hybridized carbons (Fsp3) is 0.0909. The summed E-state index contributed by atoms with van der Waals surface area (Å²) in [5.74, 6) is 0. The van der Waals surface area contributed by atoms with E-state index in [2.05, 4.69) is 15.2 Å². The zero-order valence-corrected chi connectivity index (χ0v) is 10.9.